The Labute approximate surface area is 188 Å². The van der Waals surface area contributed by atoms with E-state index in [4.69, 9.17) is 4.42 Å². The molecule has 1 aromatic heterocycles. The number of halogens is 1. The SMILES string of the molecule is CC(C)c1ccc(CN(Cc2ccc(F)cc2)Cc2nc(C(=O)N3CCCC3)co2)cc1. The average Bonchev–Trinajstić information content (AvgIpc) is 3.48. The van der Waals surface area contributed by atoms with Gasteiger partial charge in [-0.05, 0) is 47.6 Å². The van der Waals surface area contributed by atoms with Crippen molar-refractivity contribution in [2.45, 2.75) is 52.2 Å². The minimum absolute atomic E-state index is 0.0631. The lowest BCUT2D eigenvalue weighted by molar-refractivity contribution is 0.0787. The molecular weight excluding hydrogens is 405 g/mol. The third-order valence-electron chi connectivity index (χ3n) is 5.90. The van der Waals surface area contributed by atoms with Gasteiger partial charge in [0.2, 0.25) is 5.89 Å². The molecule has 0 N–H and O–H groups in total. The molecule has 0 bridgehead atoms. The maximum absolute atomic E-state index is 13.4. The summed E-state index contributed by atoms with van der Waals surface area (Å²) in [4.78, 5) is 21.1. The quantitative estimate of drug-likeness (QED) is 0.477. The Morgan fingerprint density at radius 1 is 1.00 bits per heavy atom. The van der Waals surface area contributed by atoms with Crippen molar-refractivity contribution < 1.29 is 13.6 Å². The molecule has 1 saturated heterocycles. The van der Waals surface area contributed by atoms with Crippen LogP contribution in [0, 0.1) is 5.82 Å². The lowest BCUT2D eigenvalue weighted by Gasteiger charge is -2.21. The summed E-state index contributed by atoms with van der Waals surface area (Å²) in [7, 11) is 0. The normalized spacial score (nSPS) is 14.0. The molecule has 6 heteroatoms. The molecule has 0 spiro atoms. The lowest BCUT2D eigenvalue weighted by atomic mass is 10.0. The van der Waals surface area contributed by atoms with Crippen molar-refractivity contribution in [1.29, 1.82) is 0 Å². The number of rotatable bonds is 8. The Hall–Kier alpha value is -2.99. The van der Waals surface area contributed by atoms with Gasteiger partial charge in [0.05, 0.1) is 6.54 Å². The highest BCUT2D eigenvalue weighted by Crippen LogP contribution is 2.19. The number of hydrogen-bond donors (Lipinski definition) is 0. The van der Waals surface area contributed by atoms with Gasteiger partial charge in [-0.1, -0.05) is 50.2 Å². The van der Waals surface area contributed by atoms with Gasteiger partial charge in [-0.2, -0.15) is 0 Å². The van der Waals surface area contributed by atoms with E-state index in [0.717, 1.165) is 31.5 Å². The van der Waals surface area contributed by atoms with Crippen LogP contribution in [0.1, 0.15) is 65.7 Å². The Morgan fingerprint density at radius 2 is 1.59 bits per heavy atom. The molecule has 0 unspecified atom stereocenters. The van der Waals surface area contributed by atoms with E-state index in [1.807, 2.05) is 4.90 Å². The second kappa shape index (κ2) is 10.1. The van der Waals surface area contributed by atoms with Gasteiger partial charge in [-0.3, -0.25) is 9.69 Å². The van der Waals surface area contributed by atoms with Crippen molar-refractivity contribution in [2.24, 2.45) is 0 Å². The third-order valence-corrected chi connectivity index (χ3v) is 5.90. The molecule has 2 heterocycles. The number of oxazole rings is 1. The summed E-state index contributed by atoms with van der Waals surface area (Å²) in [5.41, 5.74) is 3.85. The van der Waals surface area contributed by atoms with Gasteiger partial charge >= 0.3 is 0 Å². The van der Waals surface area contributed by atoms with Gasteiger partial charge in [0.15, 0.2) is 5.69 Å². The molecule has 0 aliphatic carbocycles. The van der Waals surface area contributed by atoms with E-state index in [0.29, 0.717) is 37.1 Å². The summed E-state index contributed by atoms with van der Waals surface area (Å²) in [6.45, 7) is 7.68. The van der Waals surface area contributed by atoms with Crippen LogP contribution in [0.2, 0.25) is 0 Å². The van der Waals surface area contributed by atoms with E-state index >= 15 is 0 Å². The van der Waals surface area contributed by atoms with E-state index in [1.54, 1.807) is 12.1 Å². The van der Waals surface area contributed by atoms with Crippen LogP contribution in [0.3, 0.4) is 0 Å². The van der Waals surface area contributed by atoms with E-state index < -0.39 is 0 Å². The maximum Gasteiger partial charge on any atom is 0.275 e. The average molecular weight is 436 g/mol. The predicted octanol–water partition coefficient (Wildman–Crippen LogP) is 5.38. The van der Waals surface area contributed by atoms with E-state index in [-0.39, 0.29) is 11.7 Å². The fourth-order valence-electron chi connectivity index (χ4n) is 4.04. The summed E-state index contributed by atoms with van der Waals surface area (Å²) in [6, 6.07) is 15.1. The zero-order valence-electron chi connectivity index (χ0n) is 18.8. The van der Waals surface area contributed by atoms with Crippen molar-refractivity contribution in [2.75, 3.05) is 13.1 Å². The summed E-state index contributed by atoms with van der Waals surface area (Å²) in [5.74, 6) is 0.681. The zero-order valence-corrected chi connectivity index (χ0v) is 18.8. The molecule has 0 radical (unpaired) electrons. The van der Waals surface area contributed by atoms with Crippen LogP contribution in [0.25, 0.3) is 0 Å². The summed E-state index contributed by atoms with van der Waals surface area (Å²) in [6.07, 6.45) is 3.54. The molecule has 1 amide bonds. The molecule has 168 valence electrons. The molecule has 1 fully saturated rings. The topological polar surface area (TPSA) is 49.6 Å². The molecule has 3 aromatic rings. The molecule has 0 atom stereocenters. The van der Waals surface area contributed by atoms with Crippen LogP contribution in [0.4, 0.5) is 4.39 Å². The molecule has 1 aliphatic rings. The molecule has 2 aromatic carbocycles. The number of carbonyl (C=O) groups excluding carboxylic acids is 1. The van der Waals surface area contributed by atoms with Crippen LogP contribution in [0.15, 0.2) is 59.2 Å². The highest BCUT2D eigenvalue weighted by atomic mass is 19.1. The molecule has 5 nitrogen and oxygen atoms in total. The first kappa shape index (κ1) is 22.2. The number of likely N-dealkylation sites (tertiary alicyclic amines) is 1. The van der Waals surface area contributed by atoms with Gasteiger partial charge in [0, 0.05) is 26.2 Å². The van der Waals surface area contributed by atoms with Gasteiger partial charge < -0.3 is 9.32 Å². The fraction of sp³-hybridized carbons (Fsp3) is 0.385. The maximum atomic E-state index is 13.4. The van der Waals surface area contributed by atoms with Crippen molar-refractivity contribution in [3.8, 4) is 0 Å². The van der Waals surface area contributed by atoms with Crippen molar-refractivity contribution in [1.82, 2.24) is 14.8 Å². The number of carbonyl (C=O) groups is 1. The molecule has 4 rings (SSSR count). The number of benzene rings is 2. The second-order valence-corrected chi connectivity index (χ2v) is 8.79. The summed E-state index contributed by atoms with van der Waals surface area (Å²) in [5, 5.41) is 0. The number of amides is 1. The standard InChI is InChI=1S/C26H30FN3O2/c1-19(2)22-9-5-20(6-10-22)15-29(16-21-7-11-23(27)12-8-21)17-25-28-24(18-32-25)26(31)30-13-3-4-14-30/h5-12,18-19H,3-4,13-17H2,1-2H3. The first-order chi connectivity index (χ1) is 15.5. The van der Waals surface area contributed by atoms with Gasteiger partial charge in [-0.15, -0.1) is 0 Å². The molecule has 0 saturated carbocycles. The molecular formula is C26H30FN3O2. The minimum Gasteiger partial charge on any atom is -0.447 e. The zero-order chi connectivity index (χ0) is 22.5. The van der Waals surface area contributed by atoms with Gasteiger partial charge in [-0.25, -0.2) is 9.37 Å². The van der Waals surface area contributed by atoms with Crippen LogP contribution in [0.5, 0.6) is 0 Å². The summed E-state index contributed by atoms with van der Waals surface area (Å²) < 4.78 is 19.0. The van der Waals surface area contributed by atoms with Gasteiger partial charge in [0.1, 0.15) is 12.1 Å². The first-order valence-corrected chi connectivity index (χ1v) is 11.3. The Morgan fingerprint density at radius 3 is 2.19 bits per heavy atom. The van der Waals surface area contributed by atoms with E-state index in [2.05, 4.69) is 48.0 Å². The highest BCUT2D eigenvalue weighted by molar-refractivity contribution is 5.92. The van der Waals surface area contributed by atoms with Crippen molar-refractivity contribution in [3.05, 3.63) is 88.9 Å². The van der Waals surface area contributed by atoms with Crippen LogP contribution in [-0.2, 0) is 19.6 Å². The minimum atomic E-state index is -0.248. The van der Waals surface area contributed by atoms with Gasteiger partial charge in [0.25, 0.3) is 5.91 Å². The Balaban J connectivity index is 1.49. The van der Waals surface area contributed by atoms with E-state index in [9.17, 15) is 9.18 Å². The third kappa shape index (κ3) is 5.62. The number of nitrogens with zero attached hydrogens (tertiary/aromatic N) is 3. The number of aromatic nitrogens is 1. The number of hydrogen-bond acceptors (Lipinski definition) is 4. The molecule has 32 heavy (non-hydrogen) atoms. The van der Waals surface area contributed by atoms with Crippen molar-refractivity contribution in [3.63, 3.8) is 0 Å². The van der Waals surface area contributed by atoms with Crippen LogP contribution in [-0.4, -0.2) is 33.8 Å². The van der Waals surface area contributed by atoms with Crippen molar-refractivity contribution >= 4 is 5.91 Å². The Kier molecular flexibility index (Phi) is 7.00. The first-order valence-electron chi connectivity index (χ1n) is 11.3. The second-order valence-electron chi connectivity index (χ2n) is 8.79. The summed E-state index contributed by atoms with van der Waals surface area (Å²) >= 11 is 0. The lowest BCUT2D eigenvalue weighted by Crippen LogP contribution is -2.28. The van der Waals surface area contributed by atoms with E-state index in [1.165, 1.54) is 29.5 Å². The smallest absolute Gasteiger partial charge is 0.275 e. The molecule has 1 aliphatic heterocycles. The predicted molar refractivity (Wildman–Crippen MR) is 122 cm³/mol. The highest BCUT2D eigenvalue weighted by Gasteiger charge is 2.23. The van der Waals surface area contributed by atoms with Crippen LogP contribution >= 0.6 is 0 Å². The monoisotopic (exact) mass is 435 g/mol. The van der Waals surface area contributed by atoms with Crippen LogP contribution < -0.4 is 0 Å². The largest absolute Gasteiger partial charge is 0.447 e. The Bertz CT molecular complexity index is 1020. The fourth-order valence-corrected chi connectivity index (χ4v) is 4.04.